The summed E-state index contributed by atoms with van der Waals surface area (Å²) in [6, 6.07) is 10.4. The molecular weight excluding hydrogens is 490 g/mol. The minimum absolute atomic E-state index is 0.0824. The Kier molecular flexibility index (Phi) is 6.17. The topological polar surface area (TPSA) is 113 Å². The maximum absolute atomic E-state index is 12.8. The summed E-state index contributed by atoms with van der Waals surface area (Å²) < 4.78 is 26.4. The Bertz CT molecular complexity index is 1060. The van der Waals surface area contributed by atoms with Crippen molar-refractivity contribution in [3.63, 3.8) is 0 Å². The second-order valence-electron chi connectivity index (χ2n) is 4.98. The van der Waals surface area contributed by atoms with Crippen LogP contribution in [-0.4, -0.2) is 20.4 Å². The van der Waals surface area contributed by atoms with Gasteiger partial charge in [-0.2, -0.15) is 5.26 Å². The number of rotatable bonds is 5. The molecule has 0 amide bonds. The number of sulfone groups is 1. The lowest BCUT2D eigenvalue weighted by molar-refractivity contribution is -0.383. The van der Waals surface area contributed by atoms with Crippen molar-refractivity contribution < 1.29 is 13.3 Å². The van der Waals surface area contributed by atoms with Crippen molar-refractivity contribution in [3.05, 3.63) is 65.9 Å². The molecule has 2 aromatic rings. The Hall–Kier alpha value is -2.22. The molecule has 0 aliphatic heterocycles. The van der Waals surface area contributed by atoms with Gasteiger partial charge >= 0.3 is 0 Å². The first-order chi connectivity index (χ1) is 12.2. The first-order valence-electron chi connectivity index (χ1n) is 6.99. The van der Waals surface area contributed by atoms with Gasteiger partial charge in [-0.1, -0.05) is 22.0 Å². The summed E-state index contributed by atoms with van der Waals surface area (Å²) in [4.78, 5) is 9.94. The van der Waals surface area contributed by atoms with E-state index in [1.807, 2.05) is 0 Å². The molecule has 1 N–H and O–H groups in total. The van der Waals surface area contributed by atoms with Crippen LogP contribution < -0.4 is 5.32 Å². The van der Waals surface area contributed by atoms with Crippen LogP contribution in [0.2, 0.25) is 0 Å². The Morgan fingerprint density at radius 1 is 1.27 bits per heavy atom. The Morgan fingerprint density at radius 3 is 2.54 bits per heavy atom. The molecule has 0 radical (unpaired) electrons. The van der Waals surface area contributed by atoms with Crippen LogP contribution in [0.3, 0.4) is 0 Å². The average Bonchev–Trinajstić information content (AvgIpc) is 2.61. The van der Waals surface area contributed by atoms with E-state index >= 15 is 0 Å². The van der Waals surface area contributed by atoms with Gasteiger partial charge in [-0.3, -0.25) is 10.1 Å². The van der Waals surface area contributed by atoms with Crippen LogP contribution in [0.5, 0.6) is 0 Å². The second kappa shape index (κ2) is 7.99. The van der Waals surface area contributed by atoms with Crippen LogP contribution >= 0.6 is 31.9 Å². The van der Waals surface area contributed by atoms with E-state index in [4.69, 9.17) is 0 Å². The third-order valence-electron chi connectivity index (χ3n) is 3.37. The highest BCUT2D eigenvalue weighted by atomic mass is 79.9. The van der Waals surface area contributed by atoms with Gasteiger partial charge in [-0.25, -0.2) is 8.42 Å². The fraction of sp³-hybridized carbons (Fsp3) is 0.0625. The molecule has 2 rings (SSSR count). The highest BCUT2D eigenvalue weighted by Crippen LogP contribution is 2.32. The summed E-state index contributed by atoms with van der Waals surface area (Å²) in [5.41, 5.74) is 0.282. The molecule has 0 aliphatic carbocycles. The molecule has 0 spiro atoms. The molecule has 2 aromatic carbocycles. The maximum atomic E-state index is 12.8. The summed E-state index contributed by atoms with van der Waals surface area (Å²) in [6.45, 7) is 0. The molecule has 10 heteroatoms. The van der Waals surface area contributed by atoms with Gasteiger partial charge in [0.25, 0.3) is 5.69 Å². The second-order valence-corrected chi connectivity index (χ2v) is 8.64. The summed E-state index contributed by atoms with van der Waals surface area (Å²) >= 11 is 6.36. The quantitative estimate of drug-likeness (QED) is 0.367. The summed E-state index contributed by atoms with van der Waals surface area (Å²) in [6.07, 6.45) is 1.11. The third kappa shape index (κ3) is 4.12. The zero-order chi connectivity index (χ0) is 19.5. The molecule has 7 nitrogen and oxygen atoms in total. The molecule has 26 heavy (non-hydrogen) atoms. The van der Waals surface area contributed by atoms with Gasteiger partial charge in [-0.15, -0.1) is 0 Å². The summed E-state index contributed by atoms with van der Waals surface area (Å²) in [5, 5.41) is 23.2. The highest BCUT2D eigenvalue weighted by Gasteiger charge is 2.24. The number of nitrogens with zero attached hydrogens (tertiary/aromatic N) is 2. The fourth-order valence-electron chi connectivity index (χ4n) is 2.12. The van der Waals surface area contributed by atoms with Crippen LogP contribution in [0, 0.1) is 21.4 Å². The van der Waals surface area contributed by atoms with E-state index in [2.05, 4.69) is 37.2 Å². The molecular formula is C16H11Br2N3O4S. The number of allylic oxidation sites excluding steroid dienone is 1. The standard InChI is InChI=1S/C16H11Br2N3O4S/c1-20-14-5-2-10(7-15(14)21(22)23)6-12(9-19)26(24,25)16-8-11(17)3-4-13(16)18/h2-8,20H,1H3. The zero-order valence-corrected chi connectivity index (χ0v) is 17.2. The van der Waals surface area contributed by atoms with Crippen LogP contribution in [0.4, 0.5) is 11.4 Å². The first-order valence-corrected chi connectivity index (χ1v) is 10.1. The average molecular weight is 501 g/mol. The summed E-state index contributed by atoms with van der Waals surface area (Å²) in [7, 11) is -2.58. The van der Waals surface area contributed by atoms with Crippen molar-refractivity contribution in [2.45, 2.75) is 4.90 Å². The van der Waals surface area contributed by atoms with E-state index in [-0.39, 0.29) is 21.8 Å². The molecule has 0 unspecified atom stereocenters. The Morgan fingerprint density at radius 2 is 1.96 bits per heavy atom. The third-order valence-corrected chi connectivity index (χ3v) is 6.52. The lowest BCUT2D eigenvalue weighted by Crippen LogP contribution is -2.05. The van der Waals surface area contributed by atoms with Crippen molar-refractivity contribution in [2.75, 3.05) is 12.4 Å². The predicted molar refractivity (Wildman–Crippen MR) is 105 cm³/mol. The van der Waals surface area contributed by atoms with Crippen LogP contribution in [0.15, 0.2) is 55.1 Å². The van der Waals surface area contributed by atoms with Crippen molar-refractivity contribution in [2.24, 2.45) is 0 Å². The molecule has 0 fully saturated rings. The van der Waals surface area contributed by atoms with Crippen LogP contribution in [0.25, 0.3) is 6.08 Å². The number of nitrogens with one attached hydrogen (secondary N) is 1. The number of halogens is 2. The van der Waals surface area contributed by atoms with Gasteiger partial charge in [0.05, 0.1) is 9.82 Å². The van der Waals surface area contributed by atoms with Crippen molar-refractivity contribution in [1.82, 2.24) is 0 Å². The van der Waals surface area contributed by atoms with E-state index in [9.17, 15) is 23.8 Å². The lowest BCUT2D eigenvalue weighted by atomic mass is 10.1. The monoisotopic (exact) mass is 499 g/mol. The number of hydrogen-bond donors (Lipinski definition) is 1. The maximum Gasteiger partial charge on any atom is 0.292 e. The SMILES string of the molecule is CNc1ccc(C=C(C#N)S(=O)(=O)c2cc(Br)ccc2Br)cc1[N+](=O)[O-]. The van der Waals surface area contributed by atoms with E-state index < -0.39 is 19.7 Å². The number of benzene rings is 2. The number of nitro groups is 1. The van der Waals surface area contributed by atoms with Crippen molar-refractivity contribution in [3.8, 4) is 6.07 Å². The Labute approximate surface area is 166 Å². The normalized spacial score (nSPS) is 11.7. The molecule has 134 valence electrons. The number of nitro benzene ring substituents is 1. The molecule has 0 aromatic heterocycles. The molecule has 0 bridgehead atoms. The zero-order valence-electron chi connectivity index (χ0n) is 13.2. The largest absolute Gasteiger partial charge is 0.383 e. The molecule has 0 atom stereocenters. The number of nitriles is 1. The van der Waals surface area contributed by atoms with Crippen molar-refractivity contribution in [1.29, 1.82) is 5.26 Å². The predicted octanol–water partition coefficient (Wildman–Crippen LogP) is 4.50. The lowest BCUT2D eigenvalue weighted by Gasteiger charge is -2.07. The molecule has 0 aliphatic rings. The van der Waals surface area contributed by atoms with Crippen molar-refractivity contribution >= 4 is 59.1 Å². The van der Waals surface area contributed by atoms with Gasteiger partial charge in [0.1, 0.15) is 16.7 Å². The molecule has 0 saturated heterocycles. The van der Waals surface area contributed by atoms with Crippen LogP contribution in [-0.2, 0) is 9.84 Å². The molecule has 0 saturated carbocycles. The molecule has 0 heterocycles. The minimum Gasteiger partial charge on any atom is -0.383 e. The van der Waals surface area contributed by atoms with Gasteiger partial charge in [0.15, 0.2) is 0 Å². The fourth-order valence-corrected chi connectivity index (χ4v) is 4.78. The van der Waals surface area contributed by atoms with Gasteiger partial charge < -0.3 is 5.32 Å². The van der Waals surface area contributed by atoms with E-state index in [0.717, 1.165) is 6.08 Å². The van der Waals surface area contributed by atoms with Gasteiger partial charge in [-0.05, 0) is 51.8 Å². The summed E-state index contributed by atoms with van der Waals surface area (Å²) in [5.74, 6) is 0. The van der Waals surface area contributed by atoms with E-state index in [1.54, 1.807) is 18.2 Å². The smallest absolute Gasteiger partial charge is 0.292 e. The van der Waals surface area contributed by atoms with E-state index in [1.165, 1.54) is 31.3 Å². The van der Waals surface area contributed by atoms with Gasteiger partial charge in [0, 0.05) is 22.1 Å². The minimum atomic E-state index is -4.11. The number of anilines is 1. The van der Waals surface area contributed by atoms with E-state index in [0.29, 0.717) is 8.95 Å². The Balaban J connectivity index is 2.61. The van der Waals surface area contributed by atoms with Crippen LogP contribution in [0.1, 0.15) is 5.56 Å². The number of hydrogen-bond acceptors (Lipinski definition) is 6. The van der Waals surface area contributed by atoms with Gasteiger partial charge in [0.2, 0.25) is 9.84 Å². The first kappa shape index (κ1) is 20.1. The highest BCUT2D eigenvalue weighted by molar-refractivity contribution is 9.11.